The lowest BCUT2D eigenvalue weighted by molar-refractivity contribution is -0.145. The van der Waals surface area contributed by atoms with Crippen LogP contribution in [0.25, 0.3) is 10.9 Å². The molecule has 1 fully saturated rings. The fourth-order valence-corrected chi connectivity index (χ4v) is 3.29. The first-order chi connectivity index (χ1) is 12.8. The van der Waals surface area contributed by atoms with Crippen molar-refractivity contribution in [2.45, 2.75) is 13.1 Å². The molecule has 0 aliphatic carbocycles. The van der Waals surface area contributed by atoms with Gasteiger partial charge in [0.2, 0.25) is 0 Å². The predicted molar refractivity (Wildman–Crippen MR) is 96.6 cm³/mol. The molecule has 1 saturated heterocycles. The smallest absolute Gasteiger partial charge is 0.416 e. The lowest BCUT2D eigenvalue weighted by Crippen LogP contribution is -2.48. The first-order valence-corrected chi connectivity index (χ1v) is 8.81. The van der Waals surface area contributed by atoms with Crippen LogP contribution in [-0.4, -0.2) is 55.7 Å². The Labute approximate surface area is 155 Å². The van der Waals surface area contributed by atoms with Crippen LogP contribution in [-0.2, 0) is 15.7 Å². The number of carbonyl (C=O) groups is 1. The average molecular weight is 381 g/mol. The van der Waals surface area contributed by atoms with Gasteiger partial charge in [0.1, 0.15) is 5.82 Å². The van der Waals surface area contributed by atoms with Gasteiger partial charge in [-0.15, -0.1) is 0 Å². The number of ether oxygens (including phenoxy) is 1. The van der Waals surface area contributed by atoms with Gasteiger partial charge >= 0.3 is 12.1 Å². The Balaban J connectivity index is 1.66. The topological polar surface area (TPSA) is 45.7 Å². The second kappa shape index (κ2) is 7.72. The van der Waals surface area contributed by atoms with E-state index in [1.54, 1.807) is 12.1 Å². The van der Waals surface area contributed by atoms with Gasteiger partial charge in [-0.2, -0.15) is 13.2 Å². The zero-order valence-electron chi connectivity index (χ0n) is 15.3. The molecular formula is C19H22F3N3O2. The number of hydrogen-bond donors (Lipinski definition) is 0. The van der Waals surface area contributed by atoms with Crippen LogP contribution < -0.4 is 4.90 Å². The molecule has 5 nitrogen and oxygen atoms in total. The first-order valence-electron chi connectivity index (χ1n) is 8.81. The zero-order chi connectivity index (χ0) is 19.6. The monoisotopic (exact) mass is 381 g/mol. The van der Waals surface area contributed by atoms with E-state index in [1.165, 1.54) is 13.2 Å². The van der Waals surface area contributed by atoms with Crippen molar-refractivity contribution in [3.63, 3.8) is 0 Å². The molecule has 0 spiro atoms. The van der Waals surface area contributed by atoms with E-state index in [9.17, 15) is 18.0 Å². The summed E-state index contributed by atoms with van der Waals surface area (Å²) in [6, 6.07) is 7.04. The summed E-state index contributed by atoms with van der Waals surface area (Å²) in [5.74, 6) is 0.359. The molecule has 1 aromatic carbocycles. The van der Waals surface area contributed by atoms with Crippen molar-refractivity contribution in [2.24, 2.45) is 5.92 Å². The predicted octanol–water partition coefficient (Wildman–Crippen LogP) is 3.18. The van der Waals surface area contributed by atoms with Gasteiger partial charge < -0.3 is 9.64 Å². The van der Waals surface area contributed by atoms with Crippen molar-refractivity contribution in [3.05, 3.63) is 35.9 Å². The van der Waals surface area contributed by atoms with Crippen LogP contribution in [0.2, 0.25) is 0 Å². The van der Waals surface area contributed by atoms with Crippen LogP contribution in [0, 0.1) is 5.92 Å². The molecule has 8 heteroatoms. The van der Waals surface area contributed by atoms with E-state index in [2.05, 4.69) is 14.8 Å². The number of carbonyl (C=O) groups excluding carboxylic acids is 1. The quantitative estimate of drug-likeness (QED) is 0.762. The number of methoxy groups -OCH3 is 1. The number of hydrogen-bond acceptors (Lipinski definition) is 5. The van der Waals surface area contributed by atoms with Crippen LogP contribution in [0.3, 0.4) is 0 Å². The minimum Gasteiger partial charge on any atom is -0.469 e. The third-order valence-electron chi connectivity index (χ3n) is 4.83. The second-order valence-electron chi connectivity index (χ2n) is 6.79. The minimum absolute atomic E-state index is 0.178. The Kier molecular flexibility index (Phi) is 5.55. The molecule has 0 bridgehead atoms. The van der Waals surface area contributed by atoms with Crippen LogP contribution >= 0.6 is 0 Å². The van der Waals surface area contributed by atoms with Gasteiger partial charge in [-0.1, -0.05) is 6.92 Å². The van der Waals surface area contributed by atoms with Crippen LogP contribution in [0.15, 0.2) is 30.3 Å². The molecule has 0 saturated carbocycles. The number of alkyl halides is 3. The first kappa shape index (κ1) is 19.4. The molecular weight excluding hydrogens is 359 g/mol. The van der Waals surface area contributed by atoms with Gasteiger partial charge in [-0.3, -0.25) is 9.69 Å². The molecule has 1 aliphatic heterocycles. The van der Waals surface area contributed by atoms with Gasteiger partial charge in [-0.05, 0) is 30.3 Å². The fraction of sp³-hybridized carbons (Fsp3) is 0.474. The van der Waals surface area contributed by atoms with Gasteiger partial charge in [0.15, 0.2) is 0 Å². The van der Waals surface area contributed by atoms with Crippen LogP contribution in [0.5, 0.6) is 0 Å². The summed E-state index contributed by atoms with van der Waals surface area (Å²) in [7, 11) is 1.39. The Bertz CT molecular complexity index is 817. The number of rotatable bonds is 4. The molecule has 1 unspecified atom stereocenters. The van der Waals surface area contributed by atoms with Gasteiger partial charge in [0.25, 0.3) is 0 Å². The number of anilines is 1. The van der Waals surface area contributed by atoms with Crippen molar-refractivity contribution in [3.8, 4) is 0 Å². The number of aromatic nitrogens is 1. The largest absolute Gasteiger partial charge is 0.469 e. The highest BCUT2D eigenvalue weighted by atomic mass is 19.4. The maximum Gasteiger partial charge on any atom is 0.416 e. The molecule has 1 aliphatic rings. The number of fused-ring (bicyclic) bond motifs is 1. The standard InChI is InChI=1S/C19H22F3N3O2/c1-13(18(26)27-2)12-24-7-9-25(10-8-24)17-6-3-14-11-15(19(20,21)22)4-5-16(14)23-17/h3-6,11,13H,7-10,12H2,1-2H3. The fourth-order valence-electron chi connectivity index (χ4n) is 3.29. The number of nitrogens with zero attached hydrogens (tertiary/aromatic N) is 3. The number of piperazine rings is 1. The summed E-state index contributed by atoms with van der Waals surface area (Å²) < 4.78 is 43.2. The Morgan fingerprint density at radius 1 is 1.19 bits per heavy atom. The molecule has 1 aromatic heterocycles. The molecule has 0 N–H and O–H groups in total. The lowest BCUT2D eigenvalue weighted by Gasteiger charge is -2.36. The van der Waals surface area contributed by atoms with E-state index in [0.717, 1.165) is 44.1 Å². The summed E-state index contributed by atoms with van der Waals surface area (Å²) in [6.07, 6.45) is -4.36. The van der Waals surface area contributed by atoms with Crippen LogP contribution in [0.1, 0.15) is 12.5 Å². The summed E-state index contributed by atoms with van der Waals surface area (Å²) in [6.45, 7) is 5.55. The molecule has 0 radical (unpaired) electrons. The number of halogens is 3. The average Bonchev–Trinajstić information content (AvgIpc) is 2.66. The van der Waals surface area contributed by atoms with E-state index in [4.69, 9.17) is 4.74 Å². The van der Waals surface area contributed by atoms with E-state index in [-0.39, 0.29) is 11.9 Å². The maximum absolute atomic E-state index is 12.8. The van der Waals surface area contributed by atoms with E-state index < -0.39 is 11.7 Å². The van der Waals surface area contributed by atoms with Crippen molar-refractivity contribution < 1.29 is 22.7 Å². The highest BCUT2D eigenvalue weighted by Gasteiger charge is 2.30. The third kappa shape index (κ3) is 4.50. The molecule has 2 heterocycles. The van der Waals surface area contributed by atoms with Gasteiger partial charge in [0.05, 0.1) is 24.1 Å². The Morgan fingerprint density at radius 2 is 1.89 bits per heavy atom. The van der Waals surface area contributed by atoms with Crippen LogP contribution in [0.4, 0.5) is 19.0 Å². The Hall–Kier alpha value is -2.35. The second-order valence-corrected chi connectivity index (χ2v) is 6.79. The van der Waals surface area contributed by atoms with E-state index >= 15 is 0 Å². The molecule has 0 amide bonds. The van der Waals surface area contributed by atoms with E-state index in [0.29, 0.717) is 17.4 Å². The highest BCUT2D eigenvalue weighted by Crippen LogP contribution is 2.31. The van der Waals surface area contributed by atoms with E-state index in [1.807, 2.05) is 6.92 Å². The number of benzene rings is 1. The molecule has 1 atom stereocenters. The number of pyridine rings is 1. The van der Waals surface area contributed by atoms with Crippen molar-refractivity contribution >= 4 is 22.7 Å². The van der Waals surface area contributed by atoms with Crippen molar-refractivity contribution in [1.82, 2.24) is 9.88 Å². The highest BCUT2D eigenvalue weighted by molar-refractivity contribution is 5.81. The molecule has 2 aromatic rings. The summed E-state index contributed by atoms with van der Waals surface area (Å²) >= 11 is 0. The van der Waals surface area contributed by atoms with Gasteiger partial charge in [-0.25, -0.2) is 4.98 Å². The zero-order valence-corrected chi connectivity index (χ0v) is 15.3. The molecule has 3 rings (SSSR count). The molecule has 146 valence electrons. The maximum atomic E-state index is 12.8. The normalized spacial score (nSPS) is 17.1. The Morgan fingerprint density at radius 3 is 2.52 bits per heavy atom. The lowest BCUT2D eigenvalue weighted by atomic mass is 10.1. The number of esters is 1. The van der Waals surface area contributed by atoms with Gasteiger partial charge in [0, 0.05) is 38.1 Å². The summed E-state index contributed by atoms with van der Waals surface area (Å²) in [5.41, 5.74) is -0.125. The SMILES string of the molecule is COC(=O)C(C)CN1CCN(c2ccc3cc(C(F)(F)F)ccc3n2)CC1. The van der Waals surface area contributed by atoms with Crippen molar-refractivity contribution in [1.29, 1.82) is 0 Å². The third-order valence-corrected chi connectivity index (χ3v) is 4.83. The van der Waals surface area contributed by atoms with Crippen molar-refractivity contribution in [2.75, 3.05) is 44.7 Å². The molecule has 27 heavy (non-hydrogen) atoms. The summed E-state index contributed by atoms with van der Waals surface area (Å²) in [5, 5.41) is 0.471. The summed E-state index contributed by atoms with van der Waals surface area (Å²) in [4.78, 5) is 20.4. The minimum atomic E-state index is -4.36.